The summed E-state index contributed by atoms with van der Waals surface area (Å²) in [5.41, 5.74) is 2.21. The lowest BCUT2D eigenvalue weighted by molar-refractivity contribution is 0.212. The standard InChI is InChI=1S/C26H37N7/c1-3-20(4-2)19-31-13-15-32(16-14-31)23-9-10-24(27-18-23)29-26-28-17-21-11-12-33(25(21)30-26)22-7-5-6-8-22/h9-12,17-18,20,22H,3-8,13-16,19H2,1-2H3,(H,27,28,29,30). The van der Waals surface area contributed by atoms with E-state index in [0.717, 1.165) is 48.9 Å². The predicted octanol–water partition coefficient (Wildman–Crippen LogP) is 5.24. The third kappa shape index (κ3) is 4.98. The van der Waals surface area contributed by atoms with Crippen LogP contribution in [0.4, 0.5) is 17.5 Å². The quantitative estimate of drug-likeness (QED) is 0.509. The largest absolute Gasteiger partial charge is 0.368 e. The van der Waals surface area contributed by atoms with E-state index in [2.05, 4.69) is 61.8 Å². The Morgan fingerprint density at radius 1 is 0.970 bits per heavy atom. The molecule has 0 amide bonds. The number of anilines is 3. The Labute approximate surface area is 197 Å². The van der Waals surface area contributed by atoms with E-state index >= 15 is 0 Å². The van der Waals surface area contributed by atoms with E-state index < -0.39 is 0 Å². The molecule has 176 valence electrons. The highest BCUT2D eigenvalue weighted by Gasteiger charge is 2.20. The van der Waals surface area contributed by atoms with Crippen molar-refractivity contribution >= 4 is 28.5 Å². The highest BCUT2D eigenvalue weighted by atomic mass is 15.3. The van der Waals surface area contributed by atoms with E-state index in [1.807, 2.05) is 18.5 Å². The van der Waals surface area contributed by atoms with Crippen molar-refractivity contribution in [3.8, 4) is 0 Å². The highest BCUT2D eigenvalue weighted by Crippen LogP contribution is 2.32. The SMILES string of the molecule is CCC(CC)CN1CCN(c2ccc(Nc3ncc4ccn(C5CCCC5)c4n3)nc2)CC1. The molecule has 4 heterocycles. The first kappa shape index (κ1) is 22.1. The lowest BCUT2D eigenvalue weighted by Crippen LogP contribution is -2.47. The number of pyridine rings is 1. The number of hydrogen-bond donors (Lipinski definition) is 1. The minimum absolute atomic E-state index is 0.568. The third-order valence-electron chi connectivity index (χ3n) is 7.57. The lowest BCUT2D eigenvalue weighted by atomic mass is 10.0. The Bertz CT molecular complexity index is 1030. The zero-order valence-electron chi connectivity index (χ0n) is 20.1. The molecule has 1 saturated carbocycles. The van der Waals surface area contributed by atoms with Gasteiger partial charge in [-0.15, -0.1) is 0 Å². The molecule has 7 nitrogen and oxygen atoms in total. The van der Waals surface area contributed by atoms with E-state index in [9.17, 15) is 0 Å². The van der Waals surface area contributed by atoms with E-state index in [1.165, 1.54) is 50.8 Å². The molecule has 2 fully saturated rings. The minimum Gasteiger partial charge on any atom is -0.368 e. The van der Waals surface area contributed by atoms with Crippen LogP contribution in [0.15, 0.2) is 36.8 Å². The molecule has 0 bridgehead atoms. The molecule has 5 rings (SSSR count). The maximum absolute atomic E-state index is 4.82. The summed E-state index contributed by atoms with van der Waals surface area (Å²) in [5.74, 6) is 2.21. The van der Waals surface area contributed by atoms with Gasteiger partial charge in [0, 0.05) is 56.5 Å². The second kappa shape index (κ2) is 10.1. The van der Waals surface area contributed by atoms with Crippen LogP contribution in [0.25, 0.3) is 11.0 Å². The van der Waals surface area contributed by atoms with Crippen molar-refractivity contribution in [3.05, 3.63) is 36.8 Å². The van der Waals surface area contributed by atoms with Crippen molar-refractivity contribution in [1.29, 1.82) is 0 Å². The van der Waals surface area contributed by atoms with E-state index in [1.54, 1.807) is 0 Å². The summed E-state index contributed by atoms with van der Waals surface area (Å²) in [4.78, 5) is 19.0. The van der Waals surface area contributed by atoms with Gasteiger partial charge in [-0.05, 0) is 37.0 Å². The normalized spacial score (nSPS) is 18.0. The molecular formula is C26H37N7. The second-order valence-electron chi connectivity index (χ2n) is 9.63. The Kier molecular flexibility index (Phi) is 6.76. The topological polar surface area (TPSA) is 62.1 Å². The summed E-state index contributed by atoms with van der Waals surface area (Å²) in [5, 5.41) is 4.40. The first-order valence-corrected chi connectivity index (χ1v) is 12.8. The van der Waals surface area contributed by atoms with Crippen LogP contribution >= 0.6 is 0 Å². The molecule has 1 N–H and O–H groups in total. The molecule has 3 aromatic heterocycles. The van der Waals surface area contributed by atoms with Gasteiger partial charge in [0.2, 0.25) is 5.95 Å². The smallest absolute Gasteiger partial charge is 0.230 e. The number of rotatable bonds is 8. The van der Waals surface area contributed by atoms with Crippen LogP contribution in [0.1, 0.15) is 58.4 Å². The first-order chi connectivity index (χ1) is 16.2. The molecule has 0 radical (unpaired) electrons. The van der Waals surface area contributed by atoms with Crippen LogP contribution < -0.4 is 10.2 Å². The molecule has 0 unspecified atom stereocenters. The summed E-state index contributed by atoms with van der Waals surface area (Å²) in [6, 6.07) is 6.88. The van der Waals surface area contributed by atoms with E-state index in [-0.39, 0.29) is 0 Å². The van der Waals surface area contributed by atoms with Crippen LogP contribution in [0.2, 0.25) is 0 Å². The van der Waals surface area contributed by atoms with Gasteiger partial charge in [-0.2, -0.15) is 4.98 Å². The highest BCUT2D eigenvalue weighted by molar-refractivity contribution is 5.77. The molecule has 1 saturated heterocycles. The van der Waals surface area contributed by atoms with Gasteiger partial charge in [-0.25, -0.2) is 9.97 Å². The average molecular weight is 448 g/mol. The van der Waals surface area contributed by atoms with Crippen LogP contribution in [0.3, 0.4) is 0 Å². The maximum Gasteiger partial charge on any atom is 0.230 e. The molecule has 3 aromatic rings. The summed E-state index contributed by atoms with van der Waals surface area (Å²) < 4.78 is 2.33. The Hall–Kier alpha value is -2.67. The summed E-state index contributed by atoms with van der Waals surface area (Å²) in [6.07, 6.45) is 13.7. The van der Waals surface area contributed by atoms with Crippen molar-refractivity contribution in [2.24, 2.45) is 5.92 Å². The summed E-state index contributed by atoms with van der Waals surface area (Å²) in [6.45, 7) is 10.2. The van der Waals surface area contributed by atoms with Gasteiger partial charge in [0.1, 0.15) is 11.5 Å². The average Bonchev–Trinajstić information content (AvgIpc) is 3.53. The lowest BCUT2D eigenvalue weighted by Gasteiger charge is -2.37. The van der Waals surface area contributed by atoms with Crippen molar-refractivity contribution in [3.63, 3.8) is 0 Å². The summed E-state index contributed by atoms with van der Waals surface area (Å²) in [7, 11) is 0. The zero-order chi connectivity index (χ0) is 22.6. The summed E-state index contributed by atoms with van der Waals surface area (Å²) >= 11 is 0. The Morgan fingerprint density at radius 3 is 2.45 bits per heavy atom. The van der Waals surface area contributed by atoms with Gasteiger partial charge in [0.15, 0.2) is 0 Å². The van der Waals surface area contributed by atoms with Crippen molar-refractivity contribution in [1.82, 2.24) is 24.4 Å². The molecule has 1 aliphatic heterocycles. The predicted molar refractivity (Wildman–Crippen MR) is 135 cm³/mol. The Morgan fingerprint density at radius 2 is 1.76 bits per heavy atom. The van der Waals surface area contributed by atoms with Gasteiger partial charge in [0.05, 0.1) is 11.9 Å². The van der Waals surface area contributed by atoms with Gasteiger partial charge >= 0.3 is 0 Å². The maximum atomic E-state index is 4.82. The zero-order valence-corrected chi connectivity index (χ0v) is 20.1. The second-order valence-corrected chi connectivity index (χ2v) is 9.63. The number of nitrogens with one attached hydrogen (secondary N) is 1. The fourth-order valence-corrected chi connectivity index (χ4v) is 5.34. The molecule has 2 aliphatic rings. The number of hydrogen-bond acceptors (Lipinski definition) is 6. The minimum atomic E-state index is 0.568. The third-order valence-corrected chi connectivity index (χ3v) is 7.57. The number of nitrogens with zero attached hydrogens (tertiary/aromatic N) is 6. The number of piperazine rings is 1. The molecule has 0 spiro atoms. The van der Waals surface area contributed by atoms with Crippen molar-refractivity contribution in [2.45, 2.75) is 58.4 Å². The van der Waals surface area contributed by atoms with Crippen molar-refractivity contribution in [2.75, 3.05) is 42.9 Å². The van der Waals surface area contributed by atoms with E-state index in [4.69, 9.17) is 4.98 Å². The fraction of sp³-hybridized carbons (Fsp3) is 0.577. The van der Waals surface area contributed by atoms with Crippen LogP contribution in [-0.2, 0) is 0 Å². The van der Waals surface area contributed by atoms with Crippen LogP contribution in [0, 0.1) is 5.92 Å². The molecule has 0 aromatic carbocycles. The number of fused-ring (bicyclic) bond motifs is 1. The first-order valence-electron chi connectivity index (χ1n) is 12.8. The monoisotopic (exact) mass is 447 g/mol. The van der Waals surface area contributed by atoms with E-state index in [0.29, 0.717) is 12.0 Å². The molecule has 1 aliphatic carbocycles. The van der Waals surface area contributed by atoms with Crippen molar-refractivity contribution < 1.29 is 0 Å². The van der Waals surface area contributed by atoms with Crippen LogP contribution in [0.5, 0.6) is 0 Å². The number of aromatic nitrogens is 4. The molecular weight excluding hydrogens is 410 g/mol. The van der Waals surface area contributed by atoms with Crippen LogP contribution in [-0.4, -0.2) is 57.1 Å². The van der Waals surface area contributed by atoms with Gasteiger partial charge < -0.3 is 14.8 Å². The van der Waals surface area contributed by atoms with Gasteiger partial charge in [-0.1, -0.05) is 39.5 Å². The van der Waals surface area contributed by atoms with Gasteiger partial charge in [-0.3, -0.25) is 4.90 Å². The molecule has 7 heteroatoms. The fourth-order valence-electron chi connectivity index (χ4n) is 5.34. The van der Waals surface area contributed by atoms with Gasteiger partial charge in [0.25, 0.3) is 0 Å². The Balaban J connectivity index is 1.21. The molecule has 0 atom stereocenters. The molecule has 33 heavy (non-hydrogen) atoms.